The highest BCUT2D eigenvalue weighted by Gasteiger charge is 2.32. The van der Waals surface area contributed by atoms with E-state index >= 15 is 0 Å². The van der Waals surface area contributed by atoms with Gasteiger partial charge in [0.2, 0.25) is 0 Å². The zero-order chi connectivity index (χ0) is 12.1. The maximum atomic E-state index is 8.96. The second-order valence-corrected chi connectivity index (χ2v) is 4.92. The van der Waals surface area contributed by atoms with Gasteiger partial charge in [-0.15, -0.1) is 11.8 Å². The molecule has 4 nitrogen and oxygen atoms in total. The zero-order valence-corrected chi connectivity index (χ0v) is 10.9. The summed E-state index contributed by atoms with van der Waals surface area (Å²) >= 11 is 1.69. The molecule has 0 aromatic rings. The van der Waals surface area contributed by atoms with E-state index in [2.05, 4.69) is 11.7 Å². The van der Waals surface area contributed by atoms with Crippen molar-refractivity contribution in [2.45, 2.75) is 12.2 Å². The van der Waals surface area contributed by atoms with Crippen LogP contribution in [0.4, 0.5) is 0 Å². The highest BCUT2D eigenvalue weighted by molar-refractivity contribution is 8.00. The number of allylic oxidation sites excluding steroid dienone is 2. The average molecular weight is 239 g/mol. The summed E-state index contributed by atoms with van der Waals surface area (Å²) in [6, 6.07) is 0. The molecule has 5 heteroatoms. The third kappa shape index (κ3) is 2.49. The molecule has 1 unspecified atom stereocenters. The Morgan fingerprint density at radius 1 is 1.50 bits per heavy atom. The first-order chi connectivity index (χ1) is 7.65. The molecule has 0 heterocycles. The number of nitrogens with zero attached hydrogens (tertiary/aromatic N) is 3. The summed E-state index contributed by atoms with van der Waals surface area (Å²) in [5.74, 6) is 1.78. The monoisotopic (exact) mass is 239 g/mol. The summed E-state index contributed by atoms with van der Waals surface area (Å²) < 4.78 is 5.44. The molecule has 0 aliphatic heterocycles. The van der Waals surface area contributed by atoms with E-state index in [1.165, 1.54) is 0 Å². The molecule has 0 fully saturated rings. The minimum atomic E-state index is -0.0256. The number of likely N-dealkylation sites (N-methyl/N-ethyl adjacent to an activating group) is 1. The fourth-order valence-corrected chi connectivity index (χ4v) is 2.60. The summed E-state index contributed by atoms with van der Waals surface area (Å²) in [6.45, 7) is 2.07. The van der Waals surface area contributed by atoms with Gasteiger partial charge in [-0.3, -0.25) is 0 Å². The minimum Gasteiger partial charge on any atom is -0.497 e. The molecule has 0 amide bonds. The number of methoxy groups -OCH3 is 1. The lowest BCUT2D eigenvalue weighted by Gasteiger charge is -2.24. The van der Waals surface area contributed by atoms with E-state index in [1.54, 1.807) is 18.9 Å². The van der Waals surface area contributed by atoms with Crippen molar-refractivity contribution in [3.8, 4) is 0 Å². The fourth-order valence-electron chi connectivity index (χ4n) is 1.60. The molecule has 0 aromatic carbocycles. The predicted molar refractivity (Wildman–Crippen MR) is 67.4 cm³/mol. The van der Waals surface area contributed by atoms with E-state index < -0.39 is 0 Å². The molecule has 0 saturated carbocycles. The van der Waals surface area contributed by atoms with Crippen LogP contribution >= 0.6 is 11.8 Å². The van der Waals surface area contributed by atoms with Crippen molar-refractivity contribution < 1.29 is 9.53 Å². The molecule has 0 N–H and O–H groups in total. The van der Waals surface area contributed by atoms with Crippen molar-refractivity contribution in [3.63, 3.8) is 0 Å². The van der Waals surface area contributed by atoms with Gasteiger partial charge in [0.05, 0.1) is 12.8 Å². The van der Waals surface area contributed by atoms with Crippen LogP contribution in [0.1, 0.15) is 6.92 Å². The molecule has 1 rings (SSSR count). The zero-order valence-electron chi connectivity index (χ0n) is 10.1. The van der Waals surface area contributed by atoms with Crippen molar-refractivity contribution in [2.24, 2.45) is 0 Å². The van der Waals surface area contributed by atoms with Crippen molar-refractivity contribution in [3.05, 3.63) is 29.1 Å². The number of hydrogen-bond donors (Lipinski definition) is 0. The van der Waals surface area contributed by atoms with Crippen molar-refractivity contribution in [1.29, 1.82) is 0 Å². The quantitative estimate of drug-likeness (QED) is 0.555. The Balaban J connectivity index is 3.17. The maximum Gasteiger partial charge on any atom is 0.312 e. The SMILES string of the molecule is CCSC1C(=[N+]=[N-])C=CC(N(C)C)=C1OC. The van der Waals surface area contributed by atoms with Crippen LogP contribution in [0.5, 0.6) is 0 Å². The maximum absolute atomic E-state index is 8.96. The third-order valence-electron chi connectivity index (χ3n) is 2.32. The van der Waals surface area contributed by atoms with Crippen molar-refractivity contribution in [2.75, 3.05) is 27.0 Å². The molecule has 1 atom stereocenters. The summed E-state index contributed by atoms with van der Waals surface area (Å²) in [7, 11) is 5.58. The molecule has 0 aromatic heterocycles. The summed E-state index contributed by atoms with van der Waals surface area (Å²) in [4.78, 5) is 5.31. The predicted octanol–water partition coefficient (Wildman–Crippen LogP) is 1.77. The molecule has 16 heavy (non-hydrogen) atoms. The first-order valence-electron chi connectivity index (χ1n) is 5.12. The summed E-state index contributed by atoms with van der Waals surface area (Å²) in [5, 5.41) is -0.0256. The van der Waals surface area contributed by atoms with Gasteiger partial charge in [0.15, 0.2) is 5.25 Å². The van der Waals surface area contributed by atoms with Crippen LogP contribution in [-0.4, -0.2) is 47.6 Å². The molecule has 88 valence electrons. The van der Waals surface area contributed by atoms with Gasteiger partial charge in [-0.05, 0) is 11.8 Å². The van der Waals surface area contributed by atoms with E-state index in [0.29, 0.717) is 5.71 Å². The number of hydrogen-bond acceptors (Lipinski definition) is 3. The van der Waals surface area contributed by atoms with Crippen molar-refractivity contribution >= 4 is 17.5 Å². The third-order valence-corrected chi connectivity index (χ3v) is 3.44. The van der Waals surface area contributed by atoms with E-state index in [4.69, 9.17) is 10.3 Å². The van der Waals surface area contributed by atoms with Gasteiger partial charge in [0.1, 0.15) is 5.76 Å². The van der Waals surface area contributed by atoms with E-state index in [1.807, 2.05) is 31.1 Å². The molecule has 1 aliphatic rings. The lowest BCUT2D eigenvalue weighted by Crippen LogP contribution is -2.28. The Hall–Kier alpha value is -1.19. The van der Waals surface area contributed by atoms with E-state index in [-0.39, 0.29) is 5.25 Å². The number of ether oxygens (including phenoxy) is 1. The first kappa shape index (κ1) is 12.9. The van der Waals surface area contributed by atoms with Gasteiger partial charge >= 0.3 is 5.71 Å². The summed E-state index contributed by atoms with van der Waals surface area (Å²) in [6.07, 6.45) is 3.73. The van der Waals surface area contributed by atoms with Crippen LogP contribution in [0.2, 0.25) is 0 Å². The van der Waals surface area contributed by atoms with Crippen LogP contribution in [0.15, 0.2) is 23.6 Å². The Morgan fingerprint density at radius 3 is 2.62 bits per heavy atom. The van der Waals surface area contributed by atoms with Gasteiger partial charge < -0.3 is 15.2 Å². The molecule has 0 spiro atoms. The lowest BCUT2D eigenvalue weighted by atomic mass is 10.1. The Labute approximate surface area is 101 Å². The van der Waals surface area contributed by atoms with Crippen LogP contribution in [0.25, 0.3) is 5.53 Å². The van der Waals surface area contributed by atoms with Crippen LogP contribution in [0.3, 0.4) is 0 Å². The first-order valence-corrected chi connectivity index (χ1v) is 6.17. The fraction of sp³-hybridized carbons (Fsp3) is 0.545. The average Bonchev–Trinajstić information content (AvgIpc) is 2.28. The highest BCUT2D eigenvalue weighted by Crippen LogP contribution is 2.28. The van der Waals surface area contributed by atoms with Gasteiger partial charge in [0.25, 0.3) is 0 Å². The van der Waals surface area contributed by atoms with Gasteiger partial charge in [-0.25, -0.2) is 0 Å². The Morgan fingerprint density at radius 2 is 2.19 bits per heavy atom. The minimum absolute atomic E-state index is 0.0256. The van der Waals surface area contributed by atoms with Crippen LogP contribution in [-0.2, 0) is 4.74 Å². The second-order valence-electron chi connectivity index (χ2n) is 3.54. The number of rotatable bonds is 4. The van der Waals surface area contributed by atoms with E-state index in [9.17, 15) is 0 Å². The van der Waals surface area contributed by atoms with Gasteiger partial charge in [-0.1, -0.05) is 6.92 Å². The molecule has 0 saturated heterocycles. The van der Waals surface area contributed by atoms with Crippen LogP contribution < -0.4 is 0 Å². The second kappa shape index (κ2) is 5.77. The largest absolute Gasteiger partial charge is 0.497 e. The van der Waals surface area contributed by atoms with Gasteiger partial charge in [-0.2, -0.15) is 4.79 Å². The van der Waals surface area contributed by atoms with Gasteiger partial charge in [0, 0.05) is 20.2 Å². The number of thioether (sulfide) groups is 1. The molecule has 0 bridgehead atoms. The van der Waals surface area contributed by atoms with Crippen molar-refractivity contribution in [1.82, 2.24) is 4.90 Å². The molecule has 0 radical (unpaired) electrons. The van der Waals surface area contributed by atoms with Crippen LogP contribution in [0, 0.1) is 0 Å². The Bertz CT molecular complexity index is 367. The lowest BCUT2D eigenvalue weighted by molar-refractivity contribution is -0.00623. The standard InChI is InChI=1S/C11H17N3OS/c1-5-16-11-8(13-12)6-7-9(14(2)3)10(11)15-4/h6-7,11H,5H2,1-4H3. The molecule has 1 aliphatic carbocycles. The smallest absolute Gasteiger partial charge is 0.312 e. The molecular formula is C11H17N3OS. The topological polar surface area (TPSA) is 48.9 Å². The normalized spacial score (nSPS) is 19.8. The highest BCUT2D eigenvalue weighted by atomic mass is 32.2. The Kier molecular flexibility index (Phi) is 4.65. The molecular weight excluding hydrogens is 222 g/mol. The van der Waals surface area contributed by atoms with E-state index in [0.717, 1.165) is 17.2 Å². The summed E-state index contributed by atoms with van der Waals surface area (Å²) in [5.41, 5.74) is 10.6.